The number of carboxylic acid groups (broad SMARTS) is 1. The van der Waals surface area contributed by atoms with Gasteiger partial charge in [0.1, 0.15) is 0 Å². The second kappa shape index (κ2) is 6.48. The first-order chi connectivity index (χ1) is 7.65. The molecule has 0 aromatic heterocycles. The molecule has 16 heavy (non-hydrogen) atoms. The maximum Gasteiger partial charge on any atom is 0.308 e. The number of piperidine rings is 1. The number of amides is 1. The normalized spacial score (nSPS) is 20.8. The zero-order valence-corrected chi connectivity index (χ0v) is 9.74. The van der Waals surface area contributed by atoms with Crippen molar-refractivity contribution in [2.45, 2.75) is 26.2 Å². The number of carbonyl (C=O) groups is 2. The molecule has 0 radical (unpaired) electrons. The summed E-state index contributed by atoms with van der Waals surface area (Å²) in [7, 11) is 0. The van der Waals surface area contributed by atoms with Crippen molar-refractivity contribution in [2.75, 3.05) is 26.2 Å². The van der Waals surface area contributed by atoms with Crippen LogP contribution in [0.1, 0.15) is 26.2 Å². The minimum absolute atomic E-state index is 0.0619. The highest BCUT2D eigenvalue weighted by atomic mass is 16.4. The SMILES string of the molecule is CCNCCC(=O)N1CCCC(C(=O)O)C1. The maximum atomic E-state index is 11.7. The highest BCUT2D eigenvalue weighted by Crippen LogP contribution is 2.17. The van der Waals surface area contributed by atoms with E-state index in [0.29, 0.717) is 32.5 Å². The molecule has 1 fully saturated rings. The second-order valence-corrected chi connectivity index (χ2v) is 4.12. The highest BCUT2D eigenvalue weighted by molar-refractivity contribution is 5.78. The lowest BCUT2D eigenvalue weighted by Gasteiger charge is -2.30. The molecule has 1 rings (SSSR count). The summed E-state index contributed by atoms with van der Waals surface area (Å²) >= 11 is 0. The zero-order chi connectivity index (χ0) is 12.0. The van der Waals surface area contributed by atoms with E-state index in [0.717, 1.165) is 13.0 Å². The molecule has 1 saturated heterocycles. The van der Waals surface area contributed by atoms with Gasteiger partial charge >= 0.3 is 5.97 Å². The number of nitrogens with zero attached hydrogens (tertiary/aromatic N) is 1. The van der Waals surface area contributed by atoms with Crippen LogP contribution in [0.5, 0.6) is 0 Å². The molecule has 1 aliphatic rings. The lowest BCUT2D eigenvalue weighted by Crippen LogP contribution is -2.43. The number of hydrogen-bond acceptors (Lipinski definition) is 3. The van der Waals surface area contributed by atoms with Gasteiger partial charge in [0.15, 0.2) is 0 Å². The van der Waals surface area contributed by atoms with Crippen LogP contribution in [0.15, 0.2) is 0 Å². The van der Waals surface area contributed by atoms with E-state index in [4.69, 9.17) is 5.11 Å². The van der Waals surface area contributed by atoms with Crippen LogP contribution in [0.4, 0.5) is 0 Å². The van der Waals surface area contributed by atoms with E-state index in [9.17, 15) is 9.59 Å². The summed E-state index contributed by atoms with van der Waals surface area (Å²) in [5.74, 6) is -1.10. The summed E-state index contributed by atoms with van der Waals surface area (Å²) in [5.41, 5.74) is 0. The Kier molecular flexibility index (Phi) is 5.25. The highest BCUT2D eigenvalue weighted by Gasteiger charge is 2.27. The van der Waals surface area contributed by atoms with Crippen LogP contribution in [0.2, 0.25) is 0 Å². The van der Waals surface area contributed by atoms with E-state index < -0.39 is 5.97 Å². The second-order valence-electron chi connectivity index (χ2n) is 4.12. The minimum Gasteiger partial charge on any atom is -0.481 e. The molecular formula is C11H20N2O3. The third-order valence-corrected chi connectivity index (χ3v) is 2.89. The third kappa shape index (κ3) is 3.81. The van der Waals surface area contributed by atoms with Gasteiger partial charge in [0, 0.05) is 26.1 Å². The van der Waals surface area contributed by atoms with Crippen LogP contribution in [0.25, 0.3) is 0 Å². The fraction of sp³-hybridized carbons (Fsp3) is 0.818. The lowest BCUT2D eigenvalue weighted by atomic mass is 9.98. The Morgan fingerprint density at radius 2 is 2.25 bits per heavy atom. The number of likely N-dealkylation sites (tertiary alicyclic amines) is 1. The van der Waals surface area contributed by atoms with Gasteiger partial charge in [-0.25, -0.2) is 0 Å². The first kappa shape index (κ1) is 13.0. The summed E-state index contributed by atoms with van der Waals surface area (Å²) in [6, 6.07) is 0. The molecular weight excluding hydrogens is 208 g/mol. The standard InChI is InChI=1S/C11H20N2O3/c1-2-12-6-5-10(14)13-7-3-4-9(8-13)11(15)16/h9,12H,2-8H2,1H3,(H,15,16). The molecule has 2 N–H and O–H groups in total. The van der Waals surface area contributed by atoms with Gasteiger partial charge in [-0.15, -0.1) is 0 Å². The topological polar surface area (TPSA) is 69.6 Å². The predicted octanol–water partition coefficient (Wildman–Crippen LogP) is 0.309. The molecule has 0 spiro atoms. The Labute approximate surface area is 95.8 Å². The number of aliphatic carboxylic acids is 1. The van der Waals surface area contributed by atoms with Crippen LogP contribution >= 0.6 is 0 Å². The van der Waals surface area contributed by atoms with Crippen molar-refractivity contribution in [3.05, 3.63) is 0 Å². The van der Waals surface area contributed by atoms with Crippen LogP contribution < -0.4 is 5.32 Å². The van der Waals surface area contributed by atoms with Gasteiger partial charge in [-0.1, -0.05) is 6.92 Å². The van der Waals surface area contributed by atoms with Crippen LogP contribution in [0.3, 0.4) is 0 Å². The molecule has 5 nitrogen and oxygen atoms in total. The maximum absolute atomic E-state index is 11.7. The molecule has 0 aliphatic carbocycles. The number of rotatable bonds is 5. The fourth-order valence-corrected chi connectivity index (χ4v) is 1.94. The van der Waals surface area contributed by atoms with E-state index in [-0.39, 0.29) is 11.8 Å². The van der Waals surface area contributed by atoms with Gasteiger partial charge in [0.2, 0.25) is 5.91 Å². The van der Waals surface area contributed by atoms with Crippen LogP contribution in [0, 0.1) is 5.92 Å². The molecule has 0 bridgehead atoms. The van der Waals surface area contributed by atoms with Crippen molar-refractivity contribution < 1.29 is 14.7 Å². The van der Waals surface area contributed by atoms with Crippen molar-refractivity contribution in [2.24, 2.45) is 5.92 Å². The van der Waals surface area contributed by atoms with Crippen LogP contribution in [-0.4, -0.2) is 48.1 Å². The van der Waals surface area contributed by atoms with Crippen molar-refractivity contribution in [3.63, 3.8) is 0 Å². The van der Waals surface area contributed by atoms with Gasteiger partial charge in [-0.3, -0.25) is 9.59 Å². The molecule has 1 amide bonds. The Balaban J connectivity index is 2.35. The summed E-state index contributed by atoms with van der Waals surface area (Å²) in [5, 5.41) is 12.0. The average Bonchev–Trinajstić information content (AvgIpc) is 2.29. The van der Waals surface area contributed by atoms with E-state index in [2.05, 4.69) is 5.32 Å². The number of carbonyl (C=O) groups excluding carboxylic acids is 1. The van der Waals surface area contributed by atoms with Crippen molar-refractivity contribution >= 4 is 11.9 Å². The quantitative estimate of drug-likeness (QED) is 0.664. The molecule has 1 aliphatic heterocycles. The largest absolute Gasteiger partial charge is 0.481 e. The van der Waals surface area contributed by atoms with Crippen molar-refractivity contribution in [1.29, 1.82) is 0 Å². The van der Waals surface area contributed by atoms with E-state index >= 15 is 0 Å². The third-order valence-electron chi connectivity index (χ3n) is 2.89. The minimum atomic E-state index is -0.788. The Morgan fingerprint density at radius 1 is 1.50 bits per heavy atom. The molecule has 5 heteroatoms. The number of carboxylic acids is 1. The summed E-state index contributed by atoms with van der Waals surface area (Å²) in [6.07, 6.45) is 1.94. The van der Waals surface area contributed by atoms with E-state index in [1.54, 1.807) is 4.90 Å². The molecule has 1 unspecified atom stereocenters. The van der Waals surface area contributed by atoms with Gasteiger partial charge in [-0.05, 0) is 19.4 Å². The molecule has 1 atom stereocenters. The first-order valence-corrected chi connectivity index (χ1v) is 5.86. The van der Waals surface area contributed by atoms with Crippen LogP contribution in [-0.2, 0) is 9.59 Å². The lowest BCUT2D eigenvalue weighted by molar-refractivity contribution is -0.145. The zero-order valence-electron chi connectivity index (χ0n) is 9.74. The van der Waals surface area contributed by atoms with Crippen molar-refractivity contribution in [3.8, 4) is 0 Å². The molecule has 92 valence electrons. The Morgan fingerprint density at radius 3 is 2.88 bits per heavy atom. The van der Waals surface area contributed by atoms with Gasteiger partial charge in [-0.2, -0.15) is 0 Å². The Hall–Kier alpha value is -1.10. The predicted molar refractivity (Wildman–Crippen MR) is 60.1 cm³/mol. The molecule has 0 aromatic rings. The van der Waals surface area contributed by atoms with Gasteiger partial charge < -0.3 is 15.3 Å². The fourth-order valence-electron chi connectivity index (χ4n) is 1.94. The first-order valence-electron chi connectivity index (χ1n) is 5.86. The monoisotopic (exact) mass is 228 g/mol. The van der Waals surface area contributed by atoms with Gasteiger partial charge in [0.25, 0.3) is 0 Å². The summed E-state index contributed by atoms with van der Waals surface area (Å²) in [6.45, 7) is 4.59. The smallest absolute Gasteiger partial charge is 0.308 e. The number of nitrogens with one attached hydrogen (secondary N) is 1. The van der Waals surface area contributed by atoms with E-state index in [1.807, 2.05) is 6.92 Å². The number of hydrogen-bond donors (Lipinski definition) is 2. The Bertz CT molecular complexity index is 256. The molecule has 0 aromatic carbocycles. The molecule has 1 heterocycles. The molecule has 0 saturated carbocycles. The average molecular weight is 228 g/mol. The summed E-state index contributed by atoms with van der Waals surface area (Å²) in [4.78, 5) is 24.2. The van der Waals surface area contributed by atoms with Gasteiger partial charge in [0.05, 0.1) is 5.92 Å². The van der Waals surface area contributed by atoms with E-state index in [1.165, 1.54) is 0 Å². The summed E-state index contributed by atoms with van der Waals surface area (Å²) < 4.78 is 0. The van der Waals surface area contributed by atoms with Crippen molar-refractivity contribution in [1.82, 2.24) is 10.2 Å².